The van der Waals surface area contributed by atoms with E-state index in [0.29, 0.717) is 5.56 Å². The Morgan fingerprint density at radius 1 is 1.10 bits per heavy atom. The Morgan fingerprint density at radius 3 is 2.10 bits per heavy atom. The summed E-state index contributed by atoms with van der Waals surface area (Å²) < 4.78 is 2.18. The third-order valence-electron chi connectivity index (χ3n) is 3.37. The van der Waals surface area contributed by atoms with E-state index in [1.54, 1.807) is 0 Å². The molecule has 0 aromatic heterocycles. The van der Waals surface area contributed by atoms with E-state index >= 15 is 0 Å². The van der Waals surface area contributed by atoms with Crippen molar-refractivity contribution >= 4 is 50.1 Å². The highest BCUT2D eigenvalue weighted by atomic mass is 127. The van der Waals surface area contributed by atoms with Crippen LogP contribution >= 0.6 is 38.5 Å². The van der Waals surface area contributed by atoms with Crippen molar-refractivity contribution in [2.75, 3.05) is 5.32 Å². The van der Waals surface area contributed by atoms with Crippen LogP contribution in [0.2, 0.25) is 0 Å². The summed E-state index contributed by atoms with van der Waals surface area (Å²) in [6, 6.07) is 11.7. The van der Waals surface area contributed by atoms with E-state index in [-0.39, 0.29) is 5.91 Å². The molecule has 0 spiro atoms. The third kappa shape index (κ3) is 4.07. The van der Waals surface area contributed by atoms with E-state index in [9.17, 15) is 4.79 Å². The Bertz CT molecular complexity index is 627. The first kappa shape index (κ1) is 16.5. The van der Waals surface area contributed by atoms with Crippen LogP contribution in [0.3, 0.4) is 0 Å². The lowest BCUT2D eigenvalue weighted by molar-refractivity contribution is 0.102. The number of carbonyl (C=O) groups is 1. The van der Waals surface area contributed by atoms with Crippen LogP contribution in [0.25, 0.3) is 0 Å². The lowest BCUT2D eigenvalue weighted by atomic mass is 10.0. The fourth-order valence-corrected chi connectivity index (χ4v) is 3.14. The van der Waals surface area contributed by atoms with Crippen molar-refractivity contribution in [2.24, 2.45) is 0 Å². The fourth-order valence-electron chi connectivity index (χ4n) is 2.23. The van der Waals surface area contributed by atoms with Crippen LogP contribution in [0.4, 0.5) is 5.69 Å². The van der Waals surface area contributed by atoms with Gasteiger partial charge < -0.3 is 5.32 Å². The average Bonchev–Trinajstić information content (AvgIpc) is 2.48. The van der Waals surface area contributed by atoms with Crippen molar-refractivity contribution < 1.29 is 4.79 Å². The molecule has 0 aliphatic heterocycles. The van der Waals surface area contributed by atoms with Gasteiger partial charge in [0, 0.05) is 19.3 Å². The minimum absolute atomic E-state index is 0.0573. The molecule has 0 radical (unpaired) electrons. The topological polar surface area (TPSA) is 29.1 Å². The number of carbonyl (C=O) groups excluding carboxylic acids is 1. The van der Waals surface area contributed by atoms with E-state index in [1.807, 2.05) is 24.3 Å². The largest absolute Gasteiger partial charge is 0.321 e. The molecule has 0 heterocycles. The maximum absolute atomic E-state index is 12.4. The lowest BCUT2D eigenvalue weighted by Crippen LogP contribution is -2.15. The van der Waals surface area contributed by atoms with Gasteiger partial charge in [-0.3, -0.25) is 4.79 Å². The number of aryl methyl sites for hydroxylation is 2. The number of benzene rings is 2. The second-order valence-electron chi connectivity index (χ2n) is 4.77. The van der Waals surface area contributed by atoms with Crippen molar-refractivity contribution in [1.82, 2.24) is 0 Å². The molecular weight excluding hydrogens is 441 g/mol. The van der Waals surface area contributed by atoms with E-state index in [4.69, 9.17) is 0 Å². The van der Waals surface area contributed by atoms with Gasteiger partial charge in [0.25, 0.3) is 5.91 Å². The molecule has 0 unspecified atom stereocenters. The van der Waals surface area contributed by atoms with Crippen LogP contribution in [0.15, 0.2) is 40.9 Å². The van der Waals surface area contributed by atoms with Crippen molar-refractivity contribution in [1.29, 1.82) is 0 Å². The van der Waals surface area contributed by atoms with Crippen LogP contribution in [0, 0.1) is 3.57 Å². The van der Waals surface area contributed by atoms with Gasteiger partial charge in [0.15, 0.2) is 0 Å². The monoisotopic (exact) mass is 457 g/mol. The van der Waals surface area contributed by atoms with E-state index < -0.39 is 0 Å². The first-order valence-corrected chi connectivity index (χ1v) is 8.80. The molecule has 1 N–H and O–H groups in total. The Balaban J connectivity index is 2.34. The average molecular weight is 458 g/mol. The summed E-state index contributed by atoms with van der Waals surface area (Å²) in [7, 11) is 0. The molecule has 2 nitrogen and oxygen atoms in total. The number of nitrogens with one attached hydrogen (secondary N) is 1. The van der Waals surface area contributed by atoms with Crippen LogP contribution < -0.4 is 5.32 Å². The zero-order valence-corrected chi connectivity index (χ0v) is 15.8. The molecule has 1 amide bonds. The smallest absolute Gasteiger partial charge is 0.255 e. The van der Waals surface area contributed by atoms with E-state index in [1.165, 1.54) is 0 Å². The second-order valence-corrected chi connectivity index (χ2v) is 6.93. The molecule has 2 rings (SSSR count). The first-order chi connectivity index (χ1) is 10.0. The molecule has 2 aromatic rings. The molecule has 2 aromatic carbocycles. The molecule has 0 aliphatic rings. The van der Waals surface area contributed by atoms with Gasteiger partial charge >= 0.3 is 0 Å². The number of anilines is 1. The second kappa shape index (κ2) is 7.40. The summed E-state index contributed by atoms with van der Waals surface area (Å²) in [5.41, 5.74) is 3.94. The molecule has 4 heteroatoms. The van der Waals surface area contributed by atoms with Crippen LogP contribution in [0.5, 0.6) is 0 Å². The van der Waals surface area contributed by atoms with Gasteiger partial charge in [-0.1, -0.05) is 29.8 Å². The van der Waals surface area contributed by atoms with Gasteiger partial charge in [0.05, 0.1) is 0 Å². The molecule has 0 atom stereocenters. The SMILES string of the molecule is CCc1cc(Br)cc(CC)c1NC(=O)c1ccc(I)cc1. The van der Waals surface area contributed by atoms with E-state index in [2.05, 4.69) is 69.8 Å². The molecule has 21 heavy (non-hydrogen) atoms. The predicted molar refractivity (Wildman–Crippen MR) is 100 cm³/mol. The normalized spacial score (nSPS) is 10.5. The van der Waals surface area contributed by atoms with Gasteiger partial charge in [-0.2, -0.15) is 0 Å². The summed E-state index contributed by atoms with van der Waals surface area (Å²) in [6.45, 7) is 4.20. The lowest BCUT2D eigenvalue weighted by Gasteiger charge is -2.15. The van der Waals surface area contributed by atoms with Gasteiger partial charge in [-0.05, 0) is 83.0 Å². The molecular formula is C17H17BrINO. The summed E-state index contributed by atoms with van der Waals surface area (Å²) in [6.07, 6.45) is 1.77. The van der Waals surface area contributed by atoms with Gasteiger partial charge in [-0.25, -0.2) is 0 Å². The first-order valence-electron chi connectivity index (χ1n) is 6.93. The highest BCUT2D eigenvalue weighted by Crippen LogP contribution is 2.28. The Morgan fingerprint density at radius 2 is 1.62 bits per heavy atom. The van der Waals surface area contributed by atoms with Crippen LogP contribution in [-0.4, -0.2) is 5.91 Å². The summed E-state index contributed by atoms with van der Waals surface area (Å²) in [5, 5.41) is 3.08. The van der Waals surface area contributed by atoms with Crippen molar-refractivity contribution in [3.8, 4) is 0 Å². The maximum Gasteiger partial charge on any atom is 0.255 e. The van der Waals surface area contributed by atoms with Crippen molar-refractivity contribution in [2.45, 2.75) is 26.7 Å². The molecule has 0 bridgehead atoms. The van der Waals surface area contributed by atoms with Gasteiger partial charge in [-0.15, -0.1) is 0 Å². The Labute approximate surface area is 147 Å². The number of amides is 1. The zero-order chi connectivity index (χ0) is 15.4. The van der Waals surface area contributed by atoms with E-state index in [0.717, 1.165) is 37.7 Å². The van der Waals surface area contributed by atoms with Crippen molar-refractivity contribution in [3.05, 3.63) is 61.1 Å². The maximum atomic E-state index is 12.4. The van der Waals surface area contributed by atoms with Crippen LogP contribution in [-0.2, 0) is 12.8 Å². The zero-order valence-electron chi connectivity index (χ0n) is 12.0. The number of hydrogen-bond donors (Lipinski definition) is 1. The van der Waals surface area contributed by atoms with Gasteiger partial charge in [0.1, 0.15) is 0 Å². The Kier molecular flexibility index (Phi) is 5.81. The highest BCUT2D eigenvalue weighted by Gasteiger charge is 2.13. The van der Waals surface area contributed by atoms with Gasteiger partial charge in [0.2, 0.25) is 0 Å². The minimum atomic E-state index is -0.0573. The molecule has 0 aliphatic carbocycles. The number of halogens is 2. The minimum Gasteiger partial charge on any atom is -0.321 e. The Hall–Kier alpha value is -0.880. The standard InChI is InChI=1S/C17H17BrINO/c1-3-11-9-14(18)10-12(4-2)16(11)20-17(21)13-5-7-15(19)8-6-13/h5-10H,3-4H2,1-2H3,(H,20,21). The van der Waals surface area contributed by atoms with Crippen LogP contribution in [0.1, 0.15) is 35.3 Å². The summed E-state index contributed by atoms with van der Waals surface area (Å²) in [5.74, 6) is -0.0573. The molecule has 0 fully saturated rings. The predicted octanol–water partition coefficient (Wildman–Crippen LogP) is 5.43. The molecule has 110 valence electrons. The highest BCUT2D eigenvalue weighted by molar-refractivity contribution is 14.1. The molecule has 0 saturated heterocycles. The summed E-state index contributed by atoms with van der Waals surface area (Å²) >= 11 is 5.77. The summed E-state index contributed by atoms with van der Waals surface area (Å²) in [4.78, 5) is 12.4. The van der Waals surface area contributed by atoms with Crippen molar-refractivity contribution in [3.63, 3.8) is 0 Å². The number of hydrogen-bond acceptors (Lipinski definition) is 1. The third-order valence-corrected chi connectivity index (χ3v) is 4.55. The quantitative estimate of drug-likeness (QED) is 0.609. The number of rotatable bonds is 4. The fraction of sp³-hybridized carbons (Fsp3) is 0.235. The molecule has 0 saturated carbocycles.